The van der Waals surface area contributed by atoms with Crippen LogP contribution in [0.4, 0.5) is 6.01 Å². The zero-order valence-corrected chi connectivity index (χ0v) is 9.90. The quantitative estimate of drug-likeness (QED) is 0.855. The maximum absolute atomic E-state index is 5.56. The molecule has 0 unspecified atom stereocenters. The average molecular weight is 219 g/mol. The Bertz CT molecular complexity index is 431. The van der Waals surface area contributed by atoms with Crippen LogP contribution in [0.5, 0.6) is 0 Å². The molecule has 0 aliphatic carbocycles. The van der Waals surface area contributed by atoms with E-state index < -0.39 is 0 Å². The largest absolute Gasteiger partial charge is 0.424 e. The minimum atomic E-state index is 0.440. The van der Waals surface area contributed by atoms with Gasteiger partial charge < -0.3 is 14.6 Å². The van der Waals surface area contributed by atoms with Crippen LogP contribution in [-0.4, -0.2) is 36.6 Å². The van der Waals surface area contributed by atoms with E-state index in [0.717, 1.165) is 17.6 Å². The summed E-state index contributed by atoms with van der Waals surface area (Å²) in [5.74, 6) is 0. The monoisotopic (exact) mass is 219 g/mol. The molecular formula is C12H17N3O. The lowest BCUT2D eigenvalue weighted by molar-refractivity contribution is 0.324. The smallest absolute Gasteiger partial charge is 0.295 e. The van der Waals surface area contributed by atoms with E-state index in [1.807, 2.05) is 24.3 Å². The molecule has 1 aromatic carbocycles. The number of likely N-dealkylation sites (N-methyl/N-ethyl adjacent to an activating group) is 1. The molecule has 16 heavy (non-hydrogen) atoms. The van der Waals surface area contributed by atoms with Gasteiger partial charge in [0.05, 0.1) is 0 Å². The molecule has 1 heterocycles. The predicted octanol–water partition coefficient (Wildman–Crippen LogP) is 2.19. The lowest BCUT2D eigenvalue weighted by Crippen LogP contribution is -2.31. The fraction of sp³-hybridized carbons (Fsp3) is 0.417. The van der Waals surface area contributed by atoms with Gasteiger partial charge in [0.25, 0.3) is 6.01 Å². The van der Waals surface area contributed by atoms with Gasteiger partial charge in [0.2, 0.25) is 0 Å². The van der Waals surface area contributed by atoms with Gasteiger partial charge in [-0.2, -0.15) is 4.98 Å². The second-order valence-electron chi connectivity index (χ2n) is 4.18. The lowest BCUT2D eigenvalue weighted by atomic mass is 10.3. The van der Waals surface area contributed by atoms with Crippen LogP contribution in [0.3, 0.4) is 0 Å². The first-order chi connectivity index (χ1) is 7.66. The molecule has 4 heteroatoms. The molecule has 0 bridgehead atoms. The summed E-state index contributed by atoms with van der Waals surface area (Å²) in [4.78, 5) is 6.50. The zero-order valence-electron chi connectivity index (χ0n) is 9.90. The van der Waals surface area contributed by atoms with Crippen molar-refractivity contribution in [3.63, 3.8) is 0 Å². The van der Waals surface area contributed by atoms with Crippen molar-refractivity contribution in [3.05, 3.63) is 24.3 Å². The second-order valence-corrected chi connectivity index (χ2v) is 4.18. The maximum Gasteiger partial charge on any atom is 0.295 e. The molecule has 1 atom stereocenters. The first-order valence-electron chi connectivity index (χ1n) is 5.42. The summed E-state index contributed by atoms with van der Waals surface area (Å²) < 4.78 is 5.56. The third-order valence-electron chi connectivity index (χ3n) is 2.72. The van der Waals surface area contributed by atoms with Gasteiger partial charge in [0, 0.05) is 12.6 Å². The standard InChI is InChI=1S/C12H17N3O/c1-9(15(2)3)8-13-12-14-10-6-4-5-7-11(10)16-12/h4-7,9H,8H2,1-3H3,(H,13,14)/t9-/m0/s1. The van der Waals surface area contributed by atoms with Crippen LogP contribution >= 0.6 is 0 Å². The molecule has 0 saturated heterocycles. The van der Waals surface area contributed by atoms with Crippen molar-refractivity contribution >= 4 is 17.1 Å². The van der Waals surface area contributed by atoms with Gasteiger partial charge in [0.1, 0.15) is 5.52 Å². The van der Waals surface area contributed by atoms with E-state index in [4.69, 9.17) is 4.42 Å². The molecule has 2 rings (SSSR count). The number of hydrogen-bond donors (Lipinski definition) is 1. The van der Waals surface area contributed by atoms with E-state index in [9.17, 15) is 0 Å². The molecule has 4 nitrogen and oxygen atoms in total. The van der Waals surface area contributed by atoms with Crippen molar-refractivity contribution in [1.29, 1.82) is 0 Å². The second kappa shape index (κ2) is 4.53. The minimum Gasteiger partial charge on any atom is -0.424 e. The minimum absolute atomic E-state index is 0.440. The van der Waals surface area contributed by atoms with Gasteiger partial charge in [0.15, 0.2) is 5.58 Å². The van der Waals surface area contributed by atoms with Crippen molar-refractivity contribution in [2.75, 3.05) is 26.0 Å². The van der Waals surface area contributed by atoms with Crippen LogP contribution < -0.4 is 5.32 Å². The third kappa shape index (κ3) is 2.33. The average Bonchev–Trinajstić information content (AvgIpc) is 2.68. The Balaban J connectivity index is 2.05. The third-order valence-corrected chi connectivity index (χ3v) is 2.72. The summed E-state index contributed by atoms with van der Waals surface area (Å²) in [6, 6.07) is 8.80. The van der Waals surface area contributed by atoms with E-state index in [1.54, 1.807) is 0 Å². The fourth-order valence-corrected chi connectivity index (χ4v) is 1.37. The summed E-state index contributed by atoms with van der Waals surface area (Å²) in [6.45, 7) is 2.97. The highest BCUT2D eigenvalue weighted by molar-refractivity contribution is 5.74. The number of aromatic nitrogens is 1. The molecule has 0 fully saturated rings. The Hall–Kier alpha value is -1.55. The van der Waals surface area contributed by atoms with Crippen molar-refractivity contribution in [2.45, 2.75) is 13.0 Å². The topological polar surface area (TPSA) is 41.3 Å². The molecule has 86 valence electrons. The van der Waals surface area contributed by atoms with Gasteiger partial charge >= 0.3 is 0 Å². The van der Waals surface area contributed by atoms with E-state index in [0.29, 0.717) is 12.1 Å². The summed E-state index contributed by atoms with van der Waals surface area (Å²) in [5, 5.41) is 3.20. The first-order valence-corrected chi connectivity index (χ1v) is 5.42. The molecule has 2 aromatic rings. The zero-order chi connectivity index (χ0) is 11.5. The normalized spacial score (nSPS) is 13.2. The molecule has 0 saturated carbocycles. The molecule has 0 aliphatic rings. The summed E-state index contributed by atoms with van der Waals surface area (Å²) in [7, 11) is 4.11. The predicted molar refractivity (Wildman–Crippen MR) is 65.6 cm³/mol. The molecule has 0 amide bonds. The Morgan fingerprint density at radius 3 is 2.81 bits per heavy atom. The number of benzene rings is 1. The number of fused-ring (bicyclic) bond motifs is 1. The highest BCUT2D eigenvalue weighted by Gasteiger charge is 2.07. The Morgan fingerprint density at radius 1 is 1.38 bits per heavy atom. The van der Waals surface area contributed by atoms with Crippen molar-refractivity contribution in [1.82, 2.24) is 9.88 Å². The summed E-state index contributed by atoms with van der Waals surface area (Å²) in [5.41, 5.74) is 1.71. The number of anilines is 1. The SMILES string of the molecule is C[C@@H](CNc1nc2ccccc2o1)N(C)C. The van der Waals surface area contributed by atoms with Gasteiger partial charge in [-0.25, -0.2) is 0 Å². The highest BCUT2D eigenvalue weighted by atomic mass is 16.4. The van der Waals surface area contributed by atoms with E-state index >= 15 is 0 Å². The number of nitrogens with one attached hydrogen (secondary N) is 1. The number of para-hydroxylation sites is 2. The highest BCUT2D eigenvalue weighted by Crippen LogP contribution is 2.17. The van der Waals surface area contributed by atoms with Crippen LogP contribution in [0.15, 0.2) is 28.7 Å². The Morgan fingerprint density at radius 2 is 2.12 bits per heavy atom. The summed E-state index contributed by atoms with van der Waals surface area (Å²) in [6.07, 6.45) is 0. The van der Waals surface area contributed by atoms with Crippen molar-refractivity contribution in [2.24, 2.45) is 0 Å². The van der Waals surface area contributed by atoms with Crippen LogP contribution in [-0.2, 0) is 0 Å². The fourth-order valence-electron chi connectivity index (χ4n) is 1.37. The van der Waals surface area contributed by atoms with Crippen LogP contribution in [0.1, 0.15) is 6.92 Å². The Labute approximate surface area is 95.3 Å². The number of rotatable bonds is 4. The van der Waals surface area contributed by atoms with Crippen LogP contribution in [0, 0.1) is 0 Å². The number of nitrogens with zero attached hydrogens (tertiary/aromatic N) is 2. The van der Waals surface area contributed by atoms with E-state index in [-0.39, 0.29) is 0 Å². The van der Waals surface area contributed by atoms with Gasteiger partial charge in [-0.3, -0.25) is 0 Å². The molecular weight excluding hydrogens is 202 g/mol. The van der Waals surface area contributed by atoms with Crippen LogP contribution in [0.2, 0.25) is 0 Å². The molecule has 0 spiro atoms. The Kier molecular flexibility index (Phi) is 3.10. The summed E-state index contributed by atoms with van der Waals surface area (Å²) >= 11 is 0. The molecule has 1 N–H and O–H groups in total. The van der Waals surface area contributed by atoms with E-state index in [1.165, 1.54) is 0 Å². The molecule has 0 aliphatic heterocycles. The van der Waals surface area contributed by atoms with Crippen molar-refractivity contribution in [3.8, 4) is 0 Å². The first kappa shape index (κ1) is 11.0. The maximum atomic E-state index is 5.56. The molecule has 0 radical (unpaired) electrons. The van der Waals surface area contributed by atoms with Crippen LogP contribution in [0.25, 0.3) is 11.1 Å². The molecule has 1 aromatic heterocycles. The number of hydrogen-bond acceptors (Lipinski definition) is 4. The van der Waals surface area contributed by atoms with Gasteiger partial charge in [-0.1, -0.05) is 12.1 Å². The van der Waals surface area contributed by atoms with Gasteiger partial charge in [-0.15, -0.1) is 0 Å². The number of oxazole rings is 1. The van der Waals surface area contributed by atoms with E-state index in [2.05, 4.69) is 36.2 Å². The van der Waals surface area contributed by atoms with Gasteiger partial charge in [-0.05, 0) is 33.2 Å². The van der Waals surface area contributed by atoms with Crippen molar-refractivity contribution < 1.29 is 4.42 Å². The lowest BCUT2D eigenvalue weighted by Gasteiger charge is -2.19.